The second-order valence-electron chi connectivity index (χ2n) is 7.60. The van der Waals surface area contributed by atoms with Crippen molar-refractivity contribution in [2.24, 2.45) is 5.73 Å². The highest BCUT2D eigenvalue weighted by atomic mass is 19.3. The smallest absolute Gasteiger partial charge is 0.345 e. The van der Waals surface area contributed by atoms with E-state index in [0.717, 1.165) is 36.2 Å². The van der Waals surface area contributed by atoms with Crippen LogP contribution in [-0.2, 0) is 24.4 Å². The van der Waals surface area contributed by atoms with E-state index in [2.05, 4.69) is 14.8 Å². The van der Waals surface area contributed by atoms with E-state index in [1.807, 2.05) is 24.3 Å². The fourth-order valence-corrected chi connectivity index (χ4v) is 3.70. The zero-order valence-corrected chi connectivity index (χ0v) is 18.0. The Balaban J connectivity index is 1.80. The van der Waals surface area contributed by atoms with Crippen LogP contribution in [0.3, 0.4) is 0 Å². The van der Waals surface area contributed by atoms with Gasteiger partial charge in [0.2, 0.25) is 0 Å². The monoisotopic (exact) mass is 453 g/mol. The highest BCUT2D eigenvalue weighted by Crippen LogP contribution is 2.29. The summed E-state index contributed by atoms with van der Waals surface area (Å²) in [7, 11) is 0. The SMILES string of the molecule is NCCCCc1cccc(-c2cc(COC(F)F)c3cnn(-c4cccc(CO)n4)c3c2)n1. The molecule has 0 unspecified atom stereocenters. The maximum atomic E-state index is 12.8. The van der Waals surface area contributed by atoms with Crippen molar-refractivity contribution in [3.63, 3.8) is 0 Å². The first-order chi connectivity index (χ1) is 16.1. The Hall–Kier alpha value is -3.27. The van der Waals surface area contributed by atoms with Gasteiger partial charge in [-0.3, -0.25) is 4.98 Å². The normalized spacial score (nSPS) is 11.5. The molecule has 3 aromatic heterocycles. The van der Waals surface area contributed by atoms with Gasteiger partial charge in [-0.25, -0.2) is 9.67 Å². The summed E-state index contributed by atoms with van der Waals surface area (Å²) >= 11 is 0. The molecule has 0 amide bonds. The summed E-state index contributed by atoms with van der Waals surface area (Å²) in [6.45, 7) is -2.72. The first-order valence-corrected chi connectivity index (χ1v) is 10.7. The number of nitrogens with zero attached hydrogens (tertiary/aromatic N) is 4. The van der Waals surface area contributed by atoms with Crippen LogP contribution in [0.2, 0.25) is 0 Å². The third-order valence-electron chi connectivity index (χ3n) is 5.30. The van der Waals surface area contributed by atoms with E-state index >= 15 is 0 Å². The molecule has 3 N–H and O–H groups in total. The van der Waals surface area contributed by atoms with E-state index in [9.17, 15) is 13.9 Å². The van der Waals surface area contributed by atoms with Crippen molar-refractivity contribution in [2.45, 2.75) is 39.1 Å². The van der Waals surface area contributed by atoms with Gasteiger partial charge in [0.1, 0.15) is 0 Å². The van der Waals surface area contributed by atoms with Crippen LogP contribution in [0.1, 0.15) is 29.8 Å². The van der Waals surface area contributed by atoms with Gasteiger partial charge >= 0.3 is 6.61 Å². The molecule has 0 aliphatic carbocycles. The summed E-state index contributed by atoms with van der Waals surface area (Å²) in [6.07, 6.45) is 4.28. The lowest BCUT2D eigenvalue weighted by Gasteiger charge is -2.11. The van der Waals surface area contributed by atoms with Crippen LogP contribution in [0.15, 0.2) is 54.7 Å². The fourth-order valence-electron chi connectivity index (χ4n) is 3.70. The number of aromatic nitrogens is 4. The molecule has 33 heavy (non-hydrogen) atoms. The molecule has 0 bridgehead atoms. The van der Waals surface area contributed by atoms with Crippen molar-refractivity contribution >= 4 is 10.9 Å². The van der Waals surface area contributed by atoms with Crippen LogP contribution < -0.4 is 5.73 Å². The van der Waals surface area contributed by atoms with Gasteiger partial charge in [-0.2, -0.15) is 13.9 Å². The van der Waals surface area contributed by atoms with Crippen LogP contribution in [0.5, 0.6) is 0 Å². The lowest BCUT2D eigenvalue weighted by Crippen LogP contribution is -2.03. The predicted molar refractivity (Wildman–Crippen MR) is 121 cm³/mol. The molecular weight excluding hydrogens is 428 g/mol. The number of hydrogen-bond donors (Lipinski definition) is 2. The van der Waals surface area contributed by atoms with E-state index in [1.165, 1.54) is 0 Å². The van der Waals surface area contributed by atoms with Gasteiger partial charge in [-0.05, 0) is 67.8 Å². The summed E-state index contributed by atoms with van der Waals surface area (Å²) in [6, 6.07) is 14.8. The second kappa shape index (κ2) is 10.6. The lowest BCUT2D eigenvalue weighted by molar-refractivity contribution is -0.136. The summed E-state index contributed by atoms with van der Waals surface area (Å²) in [5.74, 6) is 0.512. The summed E-state index contributed by atoms with van der Waals surface area (Å²) in [5, 5.41) is 14.5. The van der Waals surface area contributed by atoms with Crippen molar-refractivity contribution in [2.75, 3.05) is 6.54 Å². The number of rotatable bonds is 10. The molecule has 0 saturated carbocycles. The highest BCUT2D eigenvalue weighted by molar-refractivity contribution is 5.88. The number of nitrogens with two attached hydrogens (primary N) is 1. The third kappa shape index (κ3) is 5.39. The minimum atomic E-state index is -2.88. The lowest BCUT2D eigenvalue weighted by atomic mass is 10.0. The maximum Gasteiger partial charge on any atom is 0.345 e. The Morgan fingerprint density at radius 2 is 1.85 bits per heavy atom. The first kappa shape index (κ1) is 22.9. The van der Waals surface area contributed by atoms with Crippen LogP contribution in [0, 0.1) is 0 Å². The fraction of sp³-hybridized carbons (Fsp3) is 0.292. The number of halogens is 2. The number of aryl methyl sites for hydroxylation is 1. The number of pyridine rings is 2. The molecule has 172 valence electrons. The molecule has 3 heterocycles. The zero-order valence-electron chi connectivity index (χ0n) is 18.0. The number of fused-ring (bicyclic) bond motifs is 1. The predicted octanol–water partition coefficient (Wildman–Crippen LogP) is 4.00. The zero-order chi connectivity index (χ0) is 23.2. The van der Waals surface area contributed by atoms with E-state index in [-0.39, 0.29) is 13.2 Å². The van der Waals surface area contributed by atoms with Crippen LogP contribution in [0.4, 0.5) is 8.78 Å². The Morgan fingerprint density at radius 3 is 2.64 bits per heavy atom. The third-order valence-corrected chi connectivity index (χ3v) is 5.30. The Morgan fingerprint density at radius 1 is 1.03 bits per heavy atom. The molecule has 9 heteroatoms. The molecule has 4 aromatic rings. The van der Waals surface area contributed by atoms with E-state index in [1.54, 1.807) is 35.1 Å². The van der Waals surface area contributed by atoms with Crippen molar-refractivity contribution in [3.8, 4) is 17.1 Å². The molecule has 0 aliphatic rings. The number of hydrogen-bond acceptors (Lipinski definition) is 6. The van der Waals surface area contributed by atoms with Crippen molar-refractivity contribution in [1.29, 1.82) is 0 Å². The van der Waals surface area contributed by atoms with Crippen LogP contribution >= 0.6 is 0 Å². The standard InChI is InChI=1S/C24H25F2N5O2/c25-24(26)33-15-17-11-16(21-8-3-6-18(29-21)5-1-2-10-27)12-22-20(17)13-28-31(22)23-9-4-7-19(14-32)30-23/h3-4,6-9,11-13,24,32H,1-2,5,10,14-15,27H2. The van der Waals surface area contributed by atoms with Gasteiger partial charge in [0.15, 0.2) is 5.82 Å². The van der Waals surface area contributed by atoms with Crippen molar-refractivity contribution in [3.05, 3.63) is 71.7 Å². The summed E-state index contributed by atoms with van der Waals surface area (Å²) in [5.41, 5.74) is 9.77. The molecule has 0 spiro atoms. The van der Waals surface area contributed by atoms with E-state index < -0.39 is 6.61 Å². The second-order valence-corrected chi connectivity index (χ2v) is 7.60. The number of aliphatic hydroxyl groups excluding tert-OH is 1. The van der Waals surface area contributed by atoms with Gasteiger partial charge in [0.05, 0.1) is 36.3 Å². The van der Waals surface area contributed by atoms with Gasteiger partial charge in [-0.15, -0.1) is 0 Å². The molecule has 1 aromatic carbocycles. The Kier molecular flexibility index (Phi) is 7.33. The summed E-state index contributed by atoms with van der Waals surface area (Å²) in [4.78, 5) is 9.18. The number of benzene rings is 1. The number of unbranched alkanes of at least 4 members (excludes halogenated alkanes) is 1. The first-order valence-electron chi connectivity index (χ1n) is 10.7. The Labute approximate surface area is 189 Å². The highest BCUT2D eigenvalue weighted by Gasteiger charge is 2.15. The van der Waals surface area contributed by atoms with Crippen molar-refractivity contribution in [1.82, 2.24) is 19.7 Å². The minimum absolute atomic E-state index is 0.202. The van der Waals surface area contributed by atoms with Gasteiger partial charge in [-0.1, -0.05) is 12.1 Å². The molecule has 0 fully saturated rings. The van der Waals surface area contributed by atoms with Gasteiger partial charge in [0, 0.05) is 16.6 Å². The number of alkyl halides is 2. The van der Waals surface area contributed by atoms with Gasteiger partial charge in [0.25, 0.3) is 0 Å². The average molecular weight is 453 g/mol. The largest absolute Gasteiger partial charge is 0.390 e. The maximum absolute atomic E-state index is 12.8. The van der Waals surface area contributed by atoms with E-state index in [0.29, 0.717) is 34.5 Å². The molecular formula is C24H25F2N5O2. The molecule has 4 rings (SSSR count). The van der Waals surface area contributed by atoms with Crippen LogP contribution in [0.25, 0.3) is 28.0 Å². The summed E-state index contributed by atoms with van der Waals surface area (Å²) < 4.78 is 31.8. The molecule has 7 nitrogen and oxygen atoms in total. The topological polar surface area (TPSA) is 99.1 Å². The van der Waals surface area contributed by atoms with E-state index in [4.69, 9.17) is 10.7 Å². The van der Waals surface area contributed by atoms with Crippen molar-refractivity contribution < 1.29 is 18.6 Å². The molecule has 0 radical (unpaired) electrons. The number of ether oxygens (including phenoxy) is 1. The molecule has 0 aliphatic heterocycles. The van der Waals surface area contributed by atoms with Crippen LogP contribution in [-0.4, -0.2) is 38.0 Å². The minimum Gasteiger partial charge on any atom is -0.390 e. The molecule has 0 atom stereocenters. The van der Waals surface area contributed by atoms with Gasteiger partial charge < -0.3 is 15.6 Å². The number of aliphatic hydroxyl groups is 1. The molecule has 0 saturated heterocycles. The average Bonchev–Trinajstić information content (AvgIpc) is 3.27. The quantitative estimate of drug-likeness (QED) is 0.352. The Bertz CT molecular complexity index is 1230.